The molecule has 0 fully saturated rings. The maximum atomic E-state index is 4.52. The summed E-state index contributed by atoms with van der Waals surface area (Å²) in [7, 11) is 0. The van der Waals surface area contributed by atoms with E-state index in [1.54, 1.807) is 18.6 Å². The Hall–Kier alpha value is -2.50. The normalized spacial score (nSPS) is 10.7. The Morgan fingerprint density at radius 1 is 1.22 bits per heavy atom. The molecule has 0 aromatic carbocycles. The monoisotopic (exact) mass is 240 g/mol. The average molecular weight is 240 g/mol. The Morgan fingerprint density at radius 2 is 2.06 bits per heavy atom. The van der Waals surface area contributed by atoms with Crippen LogP contribution in [0.2, 0.25) is 0 Å². The van der Waals surface area contributed by atoms with E-state index in [0.29, 0.717) is 5.95 Å². The van der Waals surface area contributed by atoms with Gasteiger partial charge in [-0.05, 0) is 19.1 Å². The van der Waals surface area contributed by atoms with Crippen LogP contribution in [0.15, 0.2) is 30.7 Å². The number of aromatic nitrogens is 5. The third-order valence-electron chi connectivity index (χ3n) is 2.60. The van der Waals surface area contributed by atoms with E-state index in [2.05, 4.69) is 30.5 Å². The van der Waals surface area contributed by atoms with Crippen LogP contribution in [0, 0.1) is 0 Å². The highest BCUT2D eigenvalue weighted by atomic mass is 15.2. The summed E-state index contributed by atoms with van der Waals surface area (Å²) in [5.74, 6) is 0.598. The van der Waals surface area contributed by atoms with E-state index in [0.717, 1.165) is 28.8 Å². The van der Waals surface area contributed by atoms with Crippen molar-refractivity contribution in [1.82, 2.24) is 25.1 Å². The highest BCUT2D eigenvalue weighted by Crippen LogP contribution is 2.25. The minimum absolute atomic E-state index is 0.598. The van der Waals surface area contributed by atoms with Crippen LogP contribution in [-0.4, -0.2) is 31.7 Å². The van der Waals surface area contributed by atoms with Gasteiger partial charge in [0.15, 0.2) is 5.65 Å². The molecule has 0 radical (unpaired) electrons. The molecule has 0 aliphatic carbocycles. The number of fused-ring (bicyclic) bond motifs is 1. The first-order valence-corrected chi connectivity index (χ1v) is 5.74. The lowest BCUT2D eigenvalue weighted by Gasteiger charge is -2.06. The van der Waals surface area contributed by atoms with Crippen LogP contribution in [0.4, 0.5) is 5.95 Å². The first-order valence-electron chi connectivity index (χ1n) is 5.74. The summed E-state index contributed by atoms with van der Waals surface area (Å²) in [6.45, 7) is 2.78. The molecule has 0 unspecified atom stereocenters. The molecule has 3 aromatic rings. The molecule has 0 spiro atoms. The summed E-state index contributed by atoms with van der Waals surface area (Å²) < 4.78 is 0. The number of pyridine rings is 1. The van der Waals surface area contributed by atoms with Gasteiger partial charge in [0.2, 0.25) is 5.95 Å². The van der Waals surface area contributed by atoms with Crippen molar-refractivity contribution in [3.63, 3.8) is 0 Å². The maximum Gasteiger partial charge on any atom is 0.225 e. The predicted molar refractivity (Wildman–Crippen MR) is 69.1 cm³/mol. The van der Waals surface area contributed by atoms with E-state index >= 15 is 0 Å². The molecule has 3 rings (SSSR count). The van der Waals surface area contributed by atoms with Gasteiger partial charge in [0.05, 0.1) is 17.3 Å². The molecule has 6 heteroatoms. The zero-order chi connectivity index (χ0) is 12.4. The van der Waals surface area contributed by atoms with Crippen molar-refractivity contribution in [2.75, 3.05) is 11.9 Å². The van der Waals surface area contributed by atoms with Gasteiger partial charge in [0, 0.05) is 24.5 Å². The smallest absolute Gasteiger partial charge is 0.225 e. The van der Waals surface area contributed by atoms with Crippen LogP contribution in [0.1, 0.15) is 6.92 Å². The Kier molecular flexibility index (Phi) is 2.60. The van der Waals surface area contributed by atoms with Crippen LogP contribution in [0.5, 0.6) is 0 Å². The fourth-order valence-corrected chi connectivity index (χ4v) is 1.80. The molecule has 0 aliphatic heterocycles. The minimum Gasteiger partial charge on any atom is -0.354 e. The van der Waals surface area contributed by atoms with Crippen LogP contribution >= 0.6 is 0 Å². The standard InChI is InChI=1S/C12H12N6/c1-2-14-12-16-10(8-3-5-13-6-4-8)9-7-15-18-11(9)17-12/h3-7H,2H2,1H3,(H2,14,15,16,17,18). The van der Waals surface area contributed by atoms with Gasteiger partial charge in [-0.25, -0.2) is 4.98 Å². The Labute approximate surface area is 104 Å². The molecule has 2 N–H and O–H groups in total. The van der Waals surface area contributed by atoms with Crippen LogP contribution in [-0.2, 0) is 0 Å². The third kappa shape index (κ3) is 1.77. The average Bonchev–Trinajstić information content (AvgIpc) is 2.87. The summed E-state index contributed by atoms with van der Waals surface area (Å²) >= 11 is 0. The number of hydrogen-bond acceptors (Lipinski definition) is 5. The van der Waals surface area contributed by atoms with Gasteiger partial charge < -0.3 is 5.32 Å². The van der Waals surface area contributed by atoms with Crippen LogP contribution in [0.3, 0.4) is 0 Å². The molecule has 18 heavy (non-hydrogen) atoms. The summed E-state index contributed by atoms with van der Waals surface area (Å²) in [4.78, 5) is 12.9. The van der Waals surface area contributed by atoms with Crippen molar-refractivity contribution in [1.29, 1.82) is 0 Å². The van der Waals surface area contributed by atoms with Gasteiger partial charge in [-0.15, -0.1) is 0 Å². The molecule has 0 bridgehead atoms. The Bertz CT molecular complexity index is 661. The largest absolute Gasteiger partial charge is 0.354 e. The molecule has 0 saturated carbocycles. The second-order valence-electron chi connectivity index (χ2n) is 3.79. The van der Waals surface area contributed by atoms with Gasteiger partial charge in [-0.3, -0.25) is 10.1 Å². The lowest BCUT2D eigenvalue weighted by atomic mass is 10.1. The quantitative estimate of drug-likeness (QED) is 0.730. The Balaban J connectivity index is 2.23. The summed E-state index contributed by atoms with van der Waals surface area (Å²) in [5.41, 5.74) is 2.58. The van der Waals surface area contributed by atoms with Crippen molar-refractivity contribution in [3.05, 3.63) is 30.7 Å². The van der Waals surface area contributed by atoms with E-state index in [-0.39, 0.29) is 0 Å². The SMILES string of the molecule is CCNc1nc(-c2ccncc2)c2cn[nH]c2n1. The highest BCUT2D eigenvalue weighted by Gasteiger charge is 2.10. The Morgan fingerprint density at radius 3 is 2.83 bits per heavy atom. The minimum atomic E-state index is 0.598. The molecular weight excluding hydrogens is 228 g/mol. The zero-order valence-corrected chi connectivity index (χ0v) is 9.88. The number of rotatable bonds is 3. The van der Waals surface area contributed by atoms with Crippen LogP contribution < -0.4 is 5.32 Å². The summed E-state index contributed by atoms with van der Waals surface area (Å²) in [5, 5.41) is 10.9. The topological polar surface area (TPSA) is 79.4 Å². The molecule has 3 heterocycles. The van der Waals surface area contributed by atoms with E-state index in [9.17, 15) is 0 Å². The summed E-state index contributed by atoms with van der Waals surface area (Å²) in [6, 6.07) is 3.84. The van der Waals surface area contributed by atoms with Crippen molar-refractivity contribution in [3.8, 4) is 11.3 Å². The van der Waals surface area contributed by atoms with Crippen molar-refractivity contribution >= 4 is 17.0 Å². The molecule has 0 aliphatic rings. The molecular formula is C12H12N6. The predicted octanol–water partition coefficient (Wildman–Crippen LogP) is 1.85. The fraction of sp³-hybridized carbons (Fsp3) is 0.167. The number of nitrogens with zero attached hydrogens (tertiary/aromatic N) is 4. The lowest BCUT2D eigenvalue weighted by Crippen LogP contribution is -2.03. The fourth-order valence-electron chi connectivity index (χ4n) is 1.80. The first kappa shape index (κ1) is 10.6. The lowest BCUT2D eigenvalue weighted by molar-refractivity contribution is 1.07. The third-order valence-corrected chi connectivity index (χ3v) is 2.60. The van der Waals surface area contributed by atoms with Gasteiger partial charge in [-0.1, -0.05) is 0 Å². The van der Waals surface area contributed by atoms with Crippen molar-refractivity contribution in [2.45, 2.75) is 6.92 Å². The van der Waals surface area contributed by atoms with Crippen molar-refractivity contribution in [2.24, 2.45) is 0 Å². The van der Waals surface area contributed by atoms with E-state index in [4.69, 9.17) is 0 Å². The van der Waals surface area contributed by atoms with Gasteiger partial charge in [0.1, 0.15) is 0 Å². The zero-order valence-electron chi connectivity index (χ0n) is 9.88. The van der Waals surface area contributed by atoms with E-state index in [1.165, 1.54) is 0 Å². The number of aromatic amines is 1. The second kappa shape index (κ2) is 4.40. The second-order valence-corrected chi connectivity index (χ2v) is 3.79. The van der Waals surface area contributed by atoms with E-state index < -0.39 is 0 Å². The van der Waals surface area contributed by atoms with Gasteiger partial charge in [0.25, 0.3) is 0 Å². The van der Waals surface area contributed by atoms with Gasteiger partial charge >= 0.3 is 0 Å². The molecule has 90 valence electrons. The molecule has 0 amide bonds. The highest BCUT2D eigenvalue weighted by molar-refractivity contribution is 5.90. The van der Waals surface area contributed by atoms with Crippen LogP contribution in [0.25, 0.3) is 22.3 Å². The molecule has 3 aromatic heterocycles. The number of anilines is 1. The van der Waals surface area contributed by atoms with Crippen molar-refractivity contribution < 1.29 is 0 Å². The first-order chi connectivity index (χ1) is 8.88. The maximum absolute atomic E-state index is 4.52. The number of H-pyrrole nitrogens is 1. The molecule has 6 nitrogen and oxygen atoms in total. The summed E-state index contributed by atoms with van der Waals surface area (Å²) in [6.07, 6.45) is 5.23. The van der Waals surface area contributed by atoms with E-state index in [1.807, 2.05) is 19.1 Å². The van der Waals surface area contributed by atoms with Gasteiger partial charge in [-0.2, -0.15) is 10.1 Å². The number of hydrogen-bond donors (Lipinski definition) is 2. The molecule has 0 saturated heterocycles. The number of nitrogens with one attached hydrogen (secondary N) is 2. The molecule has 0 atom stereocenters.